The summed E-state index contributed by atoms with van der Waals surface area (Å²) in [5.74, 6) is 0.0885. The number of ether oxygens (including phenoxy) is 1. The smallest absolute Gasteiger partial charge is 0.416 e. The van der Waals surface area contributed by atoms with Crippen molar-refractivity contribution in [3.05, 3.63) is 89.2 Å². The van der Waals surface area contributed by atoms with Crippen LogP contribution < -0.4 is 9.64 Å². The van der Waals surface area contributed by atoms with Crippen molar-refractivity contribution in [1.29, 1.82) is 0 Å². The van der Waals surface area contributed by atoms with Gasteiger partial charge in [-0.2, -0.15) is 26.3 Å². The van der Waals surface area contributed by atoms with Crippen LogP contribution in [0.2, 0.25) is 0 Å². The summed E-state index contributed by atoms with van der Waals surface area (Å²) in [5.41, 5.74) is -0.194. The van der Waals surface area contributed by atoms with Gasteiger partial charge in [-0.1, -0.05) is 24.3 Å². The third kappa shape index (κ3) is 6.48. The maximum atomic E-state index is 14.5. The van der Waals surface area contributed by atoms with Gasteiger partial charge >= 0.3 is 12.4 Å². The molecule has 10 heteroatoms. The number of alkyl halides is 6. The Morgan fingerprint density at radius 1 is 0.889 bits per heavy atom. The molecule has 1 unspecified atom stereocenters. The van der Waals surface area contributed by atoms with Gasteiger partial charge in [0.1, 0.15) is 17.3 Å². The first-order valence-corrected chi connectivity index (χ1v) is 11.1. The van der Waals surface area contributed by atoms with Crippen molar-refractivity contribution in [1.82, 2.24) is 0 Å². The second-order valence-electron chi connectivity index (χ2n) is 8.69. The molecule has 0 aromatic heterocycles. The number of anilines is 1. The van der Waals surface area contributed by atoms with Gasteiger partial charge in [0, 0.05) is 23.9 Å². The summed E-state index contributed by atoms with van der Waals surface area (Å²) in [6.45, 7) is -1.48. The molecule has 0 spiro atoms. The zero-order valence-electron chi connectivity index (χ0n) is 18.8. The SMILES string of the molecule is OC(CN(Cc1ccc(C(F)(F)F)cc1F)c1cccc(Oc2cccc(C3CC3)c2)c1)C(F)(F)F. The number of rotatable bonds is 8. The molecule has 0 bridgehead atoms. The summed E-state index contributed by atoms with van der Waals surface area (Å²) >= 11 is 0. The maximum absolute atomic E-state index is 14.5. The van der Waals surface area contributed by atoms with Crippen LogP contribution in [-0.4, -0.2) is 23.9 Å². The highest BCUT2D eigenvalue weighted by Gasteiger charge is 2.39. The summed E-state index contributed by atoms with van der Waals surface area (Å²) in [7, 11) is 0. The zero-order chi connectivity index (χ0) is 26.1. The molecule has 3 aromatic rings. The van der Waals surface area contributed by atoms with Crippen LogP contribution in [0.25, 0.3) is 0 Å². The lowest BCUT2D eigenvalue weighted by Crippen LogP contribution is -2.41. The topological polar surface area (TPSA) is 32.7 Å². The van der Waals surface area contributed by atoms with E-state index in [0.717, 1.165) is 29.4 Å². The number of aliphatic hydroxyl groups is 1. The Morgan fingerprint density at radius 2 is 1.56 bits per heavy atom. The first-order chi connectivity index (χ1) is 16.9. The normalized spacial score (nSPS) is 15.0. The number of aliphatic hydroxyl groups excluding tert-OH is 1. The lowest BCUT2D eigenvalue weighted by Gasteiger charge is -2.29. The standard InChI is InChI=1S/C26H22F7NO2/c27-23-12-19(25(28,29)30)10-9-18(23)14-34(15-24(35)26(31,32)33)20-4-2-6-22(13-20)36-21-5-1-3-17(11-21)16-7-8-16/h1-6,9-13,16,24,35H,7-8,14-15H2. The molecule has 3 nitrogen and oxygen atoms in total. The molecule has 0 heterocycles. The van der Waals surface area contributed by atoms with E-state index in [1.165, 1.54) is 18.2 Å². The second kappa shape index (κ2) is 10.0. The molecule has 0 amide bonds. The third-order valence-electron chi connectivity index (χ3n) is 5.84. The van der Waals surface area contributed by atoms with E-state index in [9.17, 15) is 35.8 Å². The summed E-state index contributed by atoms with van der Waals surface area (Å²) in [4.78, 5) is 1.04. The molecule has 1 atom stereocenters. The summed E-state index contributed by atoms with van der Waals surface area (Å²) in [6.07, 6.45) is -10.3. The van der Waals surface area contributed by atoms with Crippen molar-refractivity contribution in [3.63, 3.8) is 0 Å². The molecule has 0 saturated heterocycles. The molecule has 4 rings (SSSR count). The minimum absolute atomic E-state index is 0.161. The van der Waals surface area contributed by atoms with E-state index in [4.69, 9.17) is 4.74 Å². The molecule has 1 aliphatic carbocycles. The summed E-state index contributed by atoms with van der Waals surface area (Å²) in [5, 5.41) is 9.67. The predicted molar refractivity (Wildman–Crippen MR) is 119 cm³/mol. The van der Waals surface area contributed by atoms with Gasteiger partial charge in [0.05, 0.1) is 12.1 Å². The Balaban J connectivity index is 1.60. The minimum Gasteiger partial charge on any atom is -0.457 e. The van der Waals surface area contributed by atoms with Crippen LogP contribution in [0.3, 0.4) is 0 Å². The average Bonchev–Trinajstić information content (AvgIpc) is 3.64. The van der Waals surface area contributed by atoms with Crippen LogP contribution in [0, 0.1) is 5.82 Å². The monoisotopic (exact) mass is 513 g/mol. The summed E-state index contributed by atoms with van der Waals surface area (Å²) < 4.78 is 98.3. The fraction of sp³-hybridized carbons (Fsp3) is 0.308. The third-order valence-corrected chi connectivity index (χ3v) is 5.84. The van der Waals surface area contributed by atoms with Crippen LogP contribution in [-0.2, 0) is 12.7 Å². The largest absolute Gasteiger partial charge is 0.457 e. The average molecular weight is 513 g/mol. The van der Waals surface area contributed by atoms with Gasteiger partial charge in [-0.15, -0.1) is 0 Å². The van der Waals surface area contributed by atoms with Crippen molar-refractivity contribution in [2.75, 3.05) is 11.4 Å². The number of benzene rings is 3. The van der Waals surface area contributed by atoms with Gasteiger partial charge < -0.3 is 14.7 Å². The Bertz CT molecular complexity index is 1210. The van der Waals surface area contributed by atoms with Gasteiger partial charge in [-0.25, -0.2) is 4.39 Å². The van der Waals surface area contributed by atoms with Crippen molar-refractivity contribution in [3.8, 4) is 11.5 Å². The van der Waals surface area contributed by atoms with Crippen molar-refractivity contribution >= 4 is 5.69 Å². The van der Waals surface area contributed by atoms with Crippen molar-refractivity contribution < 1.29 is 40.6 Å². The number of halogens is 7. The lowest BCUT2D eigenvalue weighted by molar-refractivity contribution is -0.200. The van der Waals surface area contributed by atoms with E-state index in [-0.39, 0.29) is 11.3 Å². The van der Waals surface area contributed by atoms with Gasteiger partial charge in [-0.3, -0.25) is 0 Å². The predicted octanol–water partition coefficient (Wildman–Crippen LogP) is 7.44. The van der Waals surface area contributed by atoms with E-state index < -0.39 is 42.9 Å². The molecular weight excluding hydrogens is 491 g/mol. The van der Waals surface area contributed by atoms with Crippen LogP contribution in [0.4, 0.5) is 36.4 Å². The molecule has 0 radical (unpaired) electrons. The van der Waals surface area contributed by atoms with E-state index in [1.54, 1.807) is 12.1 Å². The molecule has 192 valence electrons. The fourth-order valence-electron chi connectivity index (χ4n) is 3.76. The van der Waals surface area contributed by atoms with Crippen LogP contribution in [0.15, 0.2) is 66.7 Å². The molecule has 1 N–H and O–H groups in total. The highest BCUT2D eigenvalue weighted by atomic mass is 19.4. The minimum atomic E-state index is -4.95. The Kier molecular flexibility index (Phi) is 7.17. The first-order valence-electron chi connectivity index (χ1n) is 11.1. The van der Waals surface area contributed by atoms with Gasteiger partial charge in [0.15, 0.2) is 6.10 Å². The number of nitrogens with zero attached hydrogens (tertiary/aromatic N) is 1. The summed E-state index contributed by atoms with van der Waals surface area (Å²) in [6, 6.07) is 15.2. The Hall–Kier alpha value is -3.27. The van der Waals surface area contributed by atoms with Gasteiger partial charge in [0.25, 0.3) is 0 Å². The molecular formula is C26H22F7NO2. The molecule has 1 fully saturated rings. The quantitative estimate of drug-likeness (QED) is 0.318. The molecule has 1 saturated carbocycles. The number of hydrogen-bond acceptors (Lipinski definition) is 3. The van der Waals surface area contributed by atoms with Gasteiger partial charge in [-0.05, 0) is 60.7 Å². The molecule has 3 aromatic carbocycles. The highest BCUT2D eigenvalue weighted by molar-refractivity contribution is 5.52. The van der Waals surface area contributed by atoms with E-state index in [1.807, 2.05) is 18.2 Å². The highest BCUT2D eigenvalue weighted by Crippen LogP contribution is 2.41. The second-order valence-corrected chi connectivity index (χ2v) is 8.69. The fourth-order valence-corrected chi connectivity index (χ4v) is 3.76. The maximum Gasteiger partial charge on any atom is 0.416 e. The molecule has 36 heavy (non-hydrogen) atoms. The molecule has 1 aliphatic rings. The van der Waals surface area contributed by atoms with Crippen LogP contribution in [0.5, 0.6) is 11.5 Å². The Morgan fingerprint density at radius 3 is 2.17 bits per heavy atom. The van der Waals surface area contributed by atoms with Gasteiger partial charge in [0.2, 0.25) is 0 Å². The van der Waals surface area contributed by atoms with Crippen LogP contribution in [0.1, 0.15) is 35.4 Å². The van der Waals surface area contributed by atoms with Crippen molar-refractivity contribution in [2.45, 2.75) is 43.8 Å². The molecule has 0 aliphatic heterocycles. The van der Waals surface area contributed by atoms with Crippen LogP contribution >= 0.6 is 0 Å². The van der Waals surface area contributed by atoms with E-state index in [2.05, 4.69) is 0 Å². The van der Waals surface area contributed by atoms with Crippen molar-refractivity contribution in [2.24, 2.45) is 0 Å². The first kappa shape index (κ1) is 25.8. The number of hydrogen-bond donors (Lipinski definition) is 1. The zero-order valence-corrected chi connectivity index (χ0v) is 18.8. The van der Waals surface area contributed by atoms with E-state index in [0.29, 0.717) is 29.5 Å². The van der Waals surface area contributed by atoms with E-state index >= 15 is 0 Å². The lowest BCUT2D eigenvalue weighted by atomic mass is 10.1. The Labute approximate surface area is 202 Å².